The lowest BCUT2D eigenvalue weighted by molar-refractivity contribution is 0.261. The Labute approximate surface area is 178 Å². The van der Waals surface area contributed by atoms with E-state index in [4.69, 9.17) is 4.74 Å². The van der Waals surface area contributed by atoms with Crippen LogP contribution in [-0.4, -0.2) is 43.9 Å². The molecule has 0 amide bonds. The molecule has 0 aliphatic heterocycles. The molecule has 3 rings (SSSR count). The van der Waals surface area contributed by atoms with Gasteiger partial charge in [-0.25, -0.2) is 4.39 Å². The van der Waals surface area contributed by atoms with Crippen molar-refractivity contribution in [2.45, 2.75) is 6.42 Å². The van der Waals surface area contributed by atoms with E-state index in [1.54, 1.807) is 12.1 Å². The first-order valence-corrected chi connectivity index (χ1v) is 10.1. The lowest BCUT2D eigenvalue weighted by Gasteiger charge is -2.17. The summed E-state index contributed by atoms with van der Waals surface area (Å²) in [4.78, 5) is 2.07. The number of likely N-dealkylation sites (N-methyl/N-ethyl adjacent to an activating group) is 1. The third-order valence-corrected chi connectivity index (χ3v) is 4.87. The third kappa shape index (κ3) is 5.78. The largest absolute Gasteiger partial charge is 0.492 e. The number of aliphatic hydroxyl groups excluding tert-OH is 1. The Morgan fingerprint density at radius 3 is 2.00 bits per heavy atom. The van der Waals surface area contributed by atoms with Crippen molar-refractivity contribution in [1.29, 1.82) is 0 Å². The van der Waals surface area contributed by atoms with Gasteiger partial charge in [0.05, 0.1) is 0 Å². The summed E-state index contributed by atoms with van der Waals surface area (Å²) in [5.41, 5.74) is 4.94. The van der Waals surface area contributed by atoms with Crippen molar-refractivity contribution in [3.63, 3.8) is 0 Å². The topological polar surface area (TPSA) is 32.7 Å². The highest BCUT2D eigenvalue weighted by atomic mass is 19.1. The number of aliphatic hydroxyl groups is 1. The standard InChI is InChI=1S/C26H28FNO2/c1-28(2)17-19-30-24-14-10-22(11-15-24)26(21-8-12-23(27)13-9-21)25(16-18-29)20-6-4-3-5-7-20/h3-15,29H,16-19H2,1-2H3. The zero-order chi connectivity index (χ0) is 21.3. The Hall–Kier alpha value is -2.95. The van der Waals surface area contributed by atoms with Crippen molar-refractivity contribution in [3.8, 4) is 5.75 Å². The van der Waals surface area contributed by atoms with Gasteiger partial charge >= 0.3 is 0 Å². The average Bonchev–Trinajstić information content (AvgIpc) is 2.76. The van der Waals surface area contributed by atoms with E-state index in [1.807, 2.05) is 68.7 Å². The molecule has 3 aromatic rings. The molecule has 0 heterocycles. The third-order valence-electron chi connectivity index (χ3n) is 4.87. The molecule has 0 bridgehead atoms. The maximum Gasteiger partial charge on any atom is 0.123 e. The Balaban J connectivity index is 2.04. The van der Waals surface area contributed by atoms with Crippen LogP contribution in [0, 0.1) is 5.82 Å². The predicted octanol–water partition coefficient (Wildman–Crippen LogP) is 5.11. The van der Waals surface area contributed by atoms with E-state index in [1.165, 1.54) is 12.1 Å². The second kappa shape index (κ2) is 10.7. The number of hydrogen-bond acceptors (Lipinski definition) is 3. The first-order chi connectivity index (χ1) is 14.6. The van der Waals surface area contributed by atoms with Gasteiger partial charge in [-0.1, -0.05) is 54.6 Å². The van der Waals surface area contributed by atoms with Crippen LogP contribution in [0.1, 0.15) is 23.1 Å². The van der Waals surface area contributed by atoms with E-state index < -0.39 is 0 Å². The van der Waals surface area contributed by atoms with Crippen molar-refractivity contribution < 1.29 is 14.2 Å². The summed E-state index contributed by atoms with van der Waals surface area (Å²) in [5, 5.41) is 9.75. The second-order valence-electron chi connectivity index (χ2n) is 7.38. The highest BCUT2D eigenvalue weighted by Crippen LogP contribution is 2.35. The molecule has 0 aliphatic carbocycles. The molecule has 0 aliphatic rings. The Morgan fingerprint density at radius 1 is 0.833 bits per heavy atom. The lowest BCUT2D eigenvalue weighted by Crippen LogP contribution is -2.19. The summed E-state index contributed by atoms with van der Waals surface area (Å²) in [6.07, 6.45) is 0.498. The first-order valence-electron chi connectivity index (χ1n) is 10.1. The maximum absolute atomic E-state index is 13.6. The van der Waals surface area contributed by atoms with Crippen molar-refractivity contribution >= 4 is 11.1 Å². The van der Waals surface area contributed by atoms with Crippen LogP contribution in [0.15, 0.2) is 78.9 Å². The molecular formula is C26H28FNO2. The second-order valence-corrected chi connectivity index (χ2v) is 7.38. The highest BCUT2D eigenvalue weighted by molar-refractivity contribution is 5.98. The summed E-state index contributed by atoms with van der Waals surface area (Å²) in [5.74, 6) is 0.536. The molecular weight excluding hydrogens is 377 g/mol. The van der Waals surface area contributed by atoms with Crippen LogP contribution in [0.5, 0.6) is 5.75 Å². The molecule has 156 valence electrons. The first kappa shape index (κ1) is 21.8. The molecule has 30 heavy (non-hydrogen) atoms. The van der Waals surface area contributed by atoms with Gasteiger partial charge in [0, 0.05) is 13.2 Å². The van der Waals surface area contributed by atoms with Crippen LogP contribution in [0.25, 0.3) is 11.1 Å². The van der Waals surface area contributed by atoms with Crippen molar-refractivity contribution in [2.24, 2.45) is 0 Å². The molecule has 0 unspecified atom stereocenters. The average molecular weight is 406 g/mol. The molecule has 0 fully saturated rings. The SMILES string of the molecule is CN(C)CCOc1ccc(C(=C(CCO)c2ccccc2)c2ccc(F)cc2)cc1. The minimum absolute atomic E-state index is 0.0284. The highest BCUT2D eigenvalue weighted by Gasteiger charge is 2.14. The molecule has 3 aromatic carbocycles. The number of benzene rings is 3. The molecule has 0 saturated carbocycles. The van der Waals surface area contributed by atoms with Gasteiger partial charge in [0.25, 0.3) is 0 Å². The number of rotatable bonds is 9. The number of ether oxygens (including phenoxy) is 1. The summed E-state index contributed by atoms with van der Waals surface area (Å²) in [6, 6.07) is 24.5. The zero-order valence-electron chi connectivity index (χ0n) is 17.5. The molecule has 4 heteroatoms. The van der Waals surface area contributed by atoms with E-state index in [0.29, 0.717) is 13.0 Å². The van der Waals surface area contributed by atoms with Crippen LogP contribution < -0.4 is 4.74 Å². The summed E-state index contributed by atoms with van der Waals surface area (Å²) in [6.45, 7) is 1.49. The van der Waals surface area contributed by atoms with Crippen LogP contribution in [-0.2, 0) is 0 Å². The van der Waals surface area contributed by atoms with Crippen molar-refractivity contribution in [1.82, 2.24) is 4.90 Å². The van der Waals surface area contributed by atoms with E-state index in [0.717, 1.165) is 40.1 Å². The van der Waals surface area contributed by atoms with Crippen molar-refractivity contribution in [2.75, 3.05) is 33.9 Å². The van der Waals surface area contributed by atoms with Crippen molar-refractivity contribution in [3.05, 3.63) is 101 Å². The molecule has 0 atom stereocenters. The van der Waals surface area contributed by atoms with Crippen LogP contribution in [0.3, 0.4) is 0 Å². The van der Waals surface area contributed by atoms with E-state index in [2.05, 4.69) is 4.90 Å². The Morgan fingerprint density at radius 2 is 1.43 bits per heavy atom. The van der Waals surface area contributed by atoms with Gasteiger partial charge in [-0.3, -0.25) is 0 Å². The molecule has 0 radical (unpaired) electrons. The number of hydrogen-bond donors (Lipinski definition) is 1. The summed E-state index contributed by atoms with van der Waals surface area (Å²) >= 11 is 0. The van der Waals surface area contributed by atoms with E-state index in [9.17, 15) is 9.50 Å². The maximum atomic E-state index is 13.6. The van der Waals surface area contributed by atoms with Crippen LogP contribution in [0.2, 0.25) is 0 Å². The number of halogens is 1. The minimum atomic E-state index is -0.272. The fourth-order valence-electron chi connectivity index (χ4n) is 3.36. The van der Waals surface area contributed by atoms with Gasteiger partial charge in [-0.2, -0.15) is 0 Å². The fourth-order valence-corrected chi connectivity index (χ4v) is 3.36. The Kier molecular flexibility index (Phi) is 7.77. The summed E-state index contributed by atoms with van der Waals surface area (Å²) < 4.78 is 19.4. The molecule has 0 aromatic heterocycles. The van der Waals surface area contributed by atoms with E-state index in [-0.39, 0.29) is 12.4 Å². The van der Waals surface area contributed by atoms with Gasteiger partial charge in [0.2, 0.25) is 0 Å². The number of nitrogens with zero attached hydrogens (tertiary/aromatic N) is 1. The van der Waals surface area contributed by atoms with Crippen LogP contribution in [0.4, 0.5) is 4.39 Å². The summed E-state index contributed by atoms with van der Waals surface area (Å²) in [7, 11) is 4.02. The smallest absolute Gasteiger partial charge is 0.123 e. The Bertz CT molecular complexity index is 949. The predicted molar refractivity (Wildman–Crippen MR) is 121 cm³/mol. The van der Waals surface area contributed by atoms with Gasteiger partial charge in [-0.05, 0) is 72.6 Å². The monoisotopic (exact) mass is 405 g/mol. The normalized spacial score (nSPS) is 12.0. The van der Waals surface area contributed by atoms with E-state index >= 15 is 0 Å². The van der Waals surface area contributed by atoms with Crippen LogP contribution >= 0.6 is 0 Å². The molecule has 1 N–H and O–H groups in total. The van der Waals surface area contributed by atoms with Gasteiger partial charge < -0.3 is 14.7 Å². The lowest BCUT2D eigenvalue weighted by atomic mass is 9.88. The fraction of sp³-hybridized carbons (Fsp3) is 0.231. The molecule has 0 spiro atoms. The quantitative estimate of drug-likeness (QED) is 0.502. The minimum Gasteiger partial charge on any atom is -0.492 e. The zero-order valence-corrected chi connectivity index (χ0v) is 17.5. The van der Waals surface area contributed by atoms with Gasteiger partial charge in [0.1, 0.15) is 18.2 Å². The van der Waals surface area contributed by atoms with Gasteiger partial charge in [-0.15, -0.1) is 0 Å². The molecule has 0 saturated heterocycles. The van der Waals surface area contributed by atoms with Gasteiger partial charge in [0.15, 0.2) is 0 Å². The molecule has 3 nitrogen and oxygen atoms in total.